The molecule has 0 aliphatic carbocycles. The third kappa shape index (κ3) is 8.15. The Morgan fingerprint density at radius 3 is 2.11 bits per heavy atom. The molecule has 7 nitrogen and oxygen atoms in total. The number of hydrogen-bond donors (Lipinski definition) is 2. The number of carbonyl (C=O) groups excluding carboxylic acids is 2. The molecule has 38 heavy (non-hydrogen) atoms. The normalized spacial score (nSPS) is 12.5. The maximum atomic E-state index is 13.4. The highest BCUT2D eigenvalue weighted by atomic mass is 35.5. The molecular weight excluding hydrogens is 504 g/mol. The van der Waals surface area contributed by atoms with Gasteiger partial charge in [-0.2, -0.15) is 0 Å². The number of halogens is 1. The predicted molar refractivity (Wildman–Crippen MR) is 149 cm³/mol. The van der Waals surface area contributed by atoms with Crippen LogP contribution in [0.5, 0.6) is 11.5 Å². The minimum Gasteiger partial charge on any atom is -0.493 e. The van der Waals surface area contributed by atoms with E-state index in [-0.39, 0.29) is 17.9 Å². The highest BCUT2D eigenvalue weighted by molar-refractivity contribution is 6.30. The summed E-state index contributed by atoms with van der Waals surface area (Å²) in [4.78, 5) is 25.7. The largest absolute Gasteiger partial charge is 0.493 e. The van der Waals surface area contributed by atoms with E-state index in [1.165, 1.54) is 0 Å². The summed E-state index contributed by atoms with van der Waals surface area (Å²) < 4.78 is 16.8. The van der Waals surface area contributed by atoms with E-state index >= 15 is 0 Å². The standard InChI is InChI=1S/C30H35ClN2O5/c1-19(2)27(33-30(35)38-20(3)4)29(34)32-28(22-11-14-24(31)15-12-22)23-13-16-25(26(17-23)36-5)37-18-21-9-7-6-8-10-21/h6-17,19-20,27-28H,18H2,1-5H3,(H,32,34)(H,33,35)/t27-,28?/m0/s1. The summed E-state index contributed by atoms with van der Waals surface area (Å²) in [6, 6.07) is 21.3. The van der Waals surface area contributed by atoms with Gasteiger partial charge in [-0.05, 0) is 60.7 Å². The van der Waals surface area contributed by atoms with Gasteiger partial charge in [0.1, 0.15) is 12.6 Å². The lowest BCUT2D eigenvalue weighted by atomic mass is 9.96. The Morgan fingerprint density at radius 2 is 1.50 bits per heavy atom. The summed E-state index contributed by atoms with van der Waals surface area (Å²) in [6.07, 6.45) is -0.943. The van der Waals surface area contributed by atoms with Crippen molar-refractivity contribution in [2.24, 2.45) is 5.92 Å². The first-order chi connectivity index (χ1) is 18.2. The molecule has 0 saturated heterocycles. The van der Waals surface area contributed by atoms with Crippen molar-refractivity contribution in [2.45, 2.75) is 52.5 Å². The average Bonchev–Trinajstić information content (AvgIpc) is 2.89. The lowest BCUT2D eigenvalue weighted by Gasteiger charge is -2.27. The van der Waals surface area contributed by atoms with Gasteiger partial charge in [0.15, 0.2) is 11.5 Å². The van der Waals surface area contributed by atoms with Crippen molar-refractivity contribution in [1.82, 2.24) is 10.6 Å². The molecule has 2 atom stereocenters. The molecule has 0 spiro atoms. The van der Waals surface area contributed by atoms with Crippen molar-refractivity contribution in [2.75, 3.05) is 7.11 Å². The molecule has 3 rings (SSSR count). The maximum absolute atomic E-state index is 13.4. The number of methoxy groups -OCH3 is 1. The molecule has 0 aliphatic heterocycles. The van der Waals surface area contributed by atoms with Gasteiger partial charge in [-0.15, -0.1) is 0 Å². The number of nitrogens with one attached hydrogen (secondary N) is 2. The zero-order chi connectivity index (χ0) is 27.7. The van der Waals surface area contributed by atoms with Crippen molar-refractivity contribution in [3.8, 4) is 11.5 Å². The van der Waals surface area contributed by atoms with Gasteiger partial charge < -0.3 is 24.8 Å². The monoisotopic (exact) mass is 538 g/mol. The number of hydrogen-bond acceptors (Lipinski definition) is 5. The van der Waals surface area contributed by atoms with Crippen molar-refractivity contribution in [3.63, 3.8) is 0 Å². The number of ether oxygens (including phenoxy) is 3. The Balaban J connectivity index is 1.88. The first kappa shape index (κ1) is 28.9. The summed E-state index contributed by atoms with van der Waals surface area (Å²) in [5, 5.41) is 6.36. The summed E-state index contributed by atoms with van der Waals surface area (Å²) in [6.45, 7) is 7.61. The Labute approximate surface area is 229 Å². The summed E-state index contributed by atoms with van der Waals surface area (Å²) in [7, 11) is 1.57. The fraction of sp³-hybridized carbons (Fsp3) is 0.333. The van der Waals surface area contributed by atoms with E-state index in [1.54, 1.807) is 33.1 Å². The van der Waals surface area contributed by atoms with Gasteiger partial charge >= 0.3 is 6.09 Å². The van der Waals surface area contributed by atoms with Gasteiger partial charge in [0.25, 0.3) is 0 Å². The number of amides is 2. The van der Waals surface area contributed by atoms with Crippen LogP contribution in [0.2, 0.25) is 5.02 Å². The highest BCUT2D eigenvalue weighted by Gasteiger charge is 2.28. The first-order valence-corrected chi connectivity index (χ1v) is 12.9. The number of carbonyl (C=O) groups is 2. The second kappa shape index (κ2) is 13.7. The van der Waals surface area contributed by atoms with Gasteiger partial charge in [0.2, 0.25) is 5.91 Å². The van der Waals surface area contributed by atoms with E-state index in [0.29, 0.717) is 23.1 Å². The van der Waals surface area contributed by atoms with Gasteiger partial charge in [-0.3, -0.25) is 4.79 Å². The van der Waals surface area contributed by atoms with E-state index < -0.39 is 18.2 Å². The van der Waals surface area contributed by atoms with Gasteiger partial charge in [-0.1, -0.05) is 74.0 Å². The third-order valence-electron chi connectivity index (χ3n) is 5.81. The molecule has 2 amide bonds. The van der Waals surface area contributed by atoms with Gasteiger partial charge in [0, 0.05) is 5.02 Å². The lowest BCUT2D eigenvalue weighted by Crippen LogP contribution is -2.51. The predicted octanol–water partition coefficient (Wildman–Crippen LogP) is 6.29. The van der Waals surface area contributed by atoms with Crippen LogP contribution in [0, 0.1) is 5.92 Å². The quantitative estimate of drug-likeness (QED) is 0.299. The Morgan fingerprint density at radius 1 is 0.842 bits per heavy atom. The smallest absolute Gasteiger partial charge is 0.408 e. The molecule has 3 aromatic rings. The Kier molecular flexibility index (Phi) is 10.4. The van der Waals surface area contributed by atoms with Crippen LogP contribution in [0.15, 0.2) is 72.8 Å². The molecule has 202 valence electrons. The van der Waals surface area contributed by atoms with Crippen LogP contribution in [0.25, 0.3) is 0 Å². The van der Waals surface area contributed by atoms with Crippen LogP contribution >= 0.6 is 11.6 Å². The minimum atomic E-state index is -0.800. The molecule has 0 saturated carbocycles. The van der Waals surface area contributed by atoms with Gasteiger partial charge in [-0.25, -0.2) is 4.79 Å². The molecule has 2 N–H and O–H groups in total. The molecule has 0 aliphatic rings. The van der Waals surface area contributed by atoms with E-state index in [9.17, 15) is 9.59 Å². The van der Waals surface area contributed by atoms with E-state index in [1.807, 2.05) is 74.5 Å². The molecule has 3 aromatic carbocycles. The molecule has 0 radical (unpaired) electrons. The Hall–Kier alpha value is -3.71. The summed E-state index contributed by atoms with van der Waals surface area (Å²) in [5.74, 6) is 0.595. The van der Waals surface area contributed by atoms with E-state index in [0.717, 1.165) is 16.7 Å². The fourth-order valence-electron chi connectivity index (χ4n) is 3.87. The van der Waals surface area contributed by atoms with Crippen molar-refractivity contribution in [3.05, 3.63) is 94.5 Å². The summed E-state index contributed by atoms with van der Waals surface area (Å²) >= 11 is 6.13. The number of benzene rings is 3. The molecule has 0 bridgehead atoms. The maximum Gasteiger partial charge on any atom is 0.408 e. The molecule has 8 heteroatoms. The van der Waals surface area contributed by atoms with Crippen LogP contribution in [0.3, 0.4) is 0 Å². The van der Waals surface area contributed by atoms with Crippen molar-refractivity contribution < 1.29 is 23.8 Å². The van der Waals surface area contributed by atoms with Crippen molar-refractivity contribution in [1.29, 1.82) is 0 Å². The zero-order valence-electron chi connectivity index (χ0n) is 22.4. The molecular formula is C30H35ClN2O5. The zero-order valence-corrected chi connectivity index (χ0v) is 23.1. The number of rotatable bonds is 11. The first-order valence-electron chi connectivity index (χ1n) is 12.6. The highest BCUT2D eigenvalue weighted by Crippen LogP contribution is 2.33. The van der Waals surface area contributed by atoms with Gasteiger partial charge in [0.05, 0.1) is 19.3 Å². The third-order valence-corrected chi connectivity index (χ3v) is 6.07. The van der Waals surface area contributed by atoms with Crippen LogP contribution < -0.4 is 20.1 Å². The lowest BCUT2D eigenvalue weighted by molar-refractivity contribution is -0.124. The second-order valence-corrected chi connectivity index (χ2v) is 9.93. The SMILES string of the molecule is COc1cc(C(NC(=O)[C@@H](NC(=O)OC(C)C)C(C)C)c2ccc(Cl)cc2)ccc1OCc1ccccc1. The Bertz CT molecular complexity index is 1200. The number of alkyl carbamates (subject to hydrolysis) is 1. The second-order valence-electron chi connectivity index (χ2n) is 9.50. The summed E-state index contributed by atoms with van der Waals surface area (Å²) in [5.41, 5.74) is 2.63. The molecule has 1 unspecified atom stereocenters. The van der Waals surface area contributed by atoms with Crippen LogP contribution in [0.4, 0.5) is 4.79 Å². The van der Waals surface area contributed by atoms with E-state index in [4.69, 9.17) is 25.8 Å². The molecule has 0 aromatic heterocycles. The average molecular weight is 539 g/mol. The fourth-order valence-corrected chi connectivity index (χ4v) is 4.00. The molecule has 0 heterocycles. The molecule has 0 fully saturated rings. The van der Waals surface area contributed by atoms with Crippen molar-refractivity contribution >= 4 is 23.6 Å². The van der Waals surface area contributed by atoms with Crippen LogP contribution in [-0.4, -0.2) is 31.3 Å². The van der Waals surface area contributed by atoms with Crippen LogP contribution in [0.1, 0.15) is 50.4 Å². The van der Waals surface area contributed by atoms with E-state index in [2.05, 4.69) is 10.6 Å². The minimum absolute atomic E-state index is 0.177. The van der Waals surface area contributed by atoms with Crippen LogP contribution in [-0.2, 0) is 16.1 Å². The topological polar surface area (TPSA) is 85.9 Å².